The van der Waals surface area contributed by atoms with Gasteiger partial charge in [0.15, 0.2) is 0 Å². The van der Waals surface area contributed by atoms with Crippen molar-refractivity contribution >= 4 is 11.6 Å². The number of unbranched alkanes of at least 4 members (excludes halogenated alkanes) is 1. The fraction of sp³-hybridized carbons (Fsp3) is 0.545. The number of benzene rings is 2. The molecule has 4 bridgehead atoms. The van der Waals surface area contributed by atoms with Gasteiger partial charge in [0.2, 0.25) is 0 Å². The quantitative estimate of drug-likeness (QED) is 0.432. The molecule has 4 aliphatic carbocycles. The molecule has 1 aliphatic heterocycles. The Hall–Kier alpha value is -2.93. The Morgan fingerprint density at radius 1 is 1.08 bits per heavy atom. The van der Waals surface area contributed by atoms with Gasteiger partial charge < -0.3 is 15.0 Å². The highest BCUT2D eigenvalue weighted by Crippen LogP contribution is 2.56. The highest BCUT2D eigenvalue weighted by Gasteiger charge is 2.51. The summed E-state index contributed by atoms with van der Waals surface area (Å²) in [5.41, 5.74) is 5.00. The van der Waals surface area contributed by atoms with Crippen LogP contribution in [0.2, 0.25) is 0 Å². The summed E-state index contributed by atoms with van der Waals surface area (Å²) in [6.07, 6.45) is 17.9. The third-order valence-electron chi connectivity index (χ3n) is 9.69. The zero-order chi connectivity index (χ0) is 25.6. The Morgan fingerprint density at radius 3 is 2.35 bits per heavy atom. The van der Waals surface area contributed by atoms with E-state index in [-0.39, 0.29) is 23.5 Å². The molecule has 4 heteroatoms. The minimum Gasteiger partial charge on any atom is -0.497 e. The summed E-state index contributed by atoms with van der Waals surface area (Å²) < 4.78 is 5.54. The van der Waals surface area contributed by atoms with E-state index in [4.69, 9.17) is 11.2 Å². The molecule has 0 spiro atoms. The van der Waals surface area contributed by atoms with Gasteiger partial charge in [-0.2, -0.15) is 0 Å². The highest BCUT2D eigenvalue weighted by atomic mass is 16.5. The van der Waals surface area contributed by atoms with Crippen molar-refractivity contribution in [3.8, 4) is 18.1 Å². The lowest BCUT2D eigenvalue weighted by Crippen LogP contribution is -2.54. The molecule has 4 saturated carbocycles. The number of anilines is 1. The second kappa shape index (κ2) is 9.75. The number of fused-ring (bicyclic) bond motifs is 1. The molecule has 0 saturated heterocycles. The van der Waals surface area contributed by atoms with Crippen molar-refractivity contribution in [3.05, 3.63) is 59.2 Å². The SMILES string of the molecule is C#CC(=O)N1[C@@H](CCCC)Cc2cc(OC)ccc2[C@@H]1c1ccc(NC23CC4CC(CC(C4)C2)C3)cc1. The first-order chi connectivity index (χ1) is 18.0. The van der Waals surface area contributed by atoms with Crippen LogP contribution in [0.4, 0.5) is 5.69 Å². The zero-order valence-corrected chi connectivity index (χ0v) is 22.3. The molecule has 1 heterocycles. The Balaban J connectivity index is 1.32. The lowest BCUT2D eigenvalue weighted by molar-refractivity contribution is -0.130. The first-order valence-electron chi connectivity index (χ1n) is 14.3. The first-order valence-corrected chi connectivity index (χ1v) is 14.3. The number of rotatable bonds is 7. The van der Waals surface area contributed by atoms with Crippen LogP contribution >= 0.6 is 0 Å². The van der Waals surface area contributed by atoms with Crippen LogP contribution in [-0.2, 0) is 11.2 Å². The van der Waals surface area contributed by atoms with E-state index in [1.165, 1.54) is 49.8 Å². The fourth-order valence-electron chi connectivity index (χ4n) is 8.56. The number of ether oxygens (including phenoxy) is 1. The minimum absolute atomic E-state index is 0.0814. The van der Waals surface area contributed by atoms with E-state index in [0.29, 0.717) is 0 Å². The number of amides is 1. The third kappa shape index (κ3) is 4.52. The van der Waals surface area contributed by atoms with Crippen LogP contribution in [-0.4, -0.2) is 29.5 Å². The van der Waals surface area contributed by atoms with Crippen LogP contribution in [0.5, 0.6) is 5.75 Å². The van der Waals surface area contributed by atoms with Gasteiger partial charge in [-0.05, 0) is 116 Å². The van der Waals surface area contributed by atoms with Crippen molar-refractivity contribution in [2.24, 2.45) is 17.8 Å². The van der Waals surface area contributed by atoms with E-state index in [2.05, 4.69) is 54.6 Å². The maximum absolute atomic E-state index is 13.2. The Kier molecular flexibility index (Phi) is 6.43. The van der Waals surface area contributed by atoms with Gasteiger partial charge in [-0.25, -0.2) is 0 Å². The van der Waals surface area contributed by atoms with E-state index in [1.54, 1.807) is 7.11 Å². The first kappa shape index (κ1) is 24.4. The number of hydrogen-bond acceptors (Lipinski definition) is 3. The molecule has 2 aromatic rings. The van der Waals surface area contributed by atoms with Crippen LogP contribution in [0.15, 0.2) is 42.5 Å². The van der Waals surface area contributed by atoms with E-state index in [0.717, 1.165) is 60.3 Å². The Bertz CT molecular complexity index is 1160. The van der Waals surface area contributed by atoms with Crippen LogP contribution in [0.3, 0.4) is 0 Å². The molecule has 37 heavy (non-hydrogen) atoms. The van der Waals surface area contributed by atoms with Gasteiger partial charge >= 0.3 is 0 Å². The molecule has 1 amide bonds. The minimum atomic E-state index is -0.219. The van der Waals surface area contributed by atoms with Gasteiger partial charge in [-0.3, -0.25) is 4.79 Å². The second-order valence-electron chi connectivity index (χ2n) is 12.3. The summed E-state index contributed by atoms with van der Waals surface area (Å²) in [6.45, 7) is 2.19. The number of carbonyl (C=O) groups is 1. The normalized spacial score (nSPS) is 31.5. The summed E-state index contributed by atoms with van der Waals surface area (Å²) in [7, 11) is 1.71. The monoisotopic (exact) mass is 496 g/mol. The molecule has 2 atom stereocenters. The number of nitrogens with one attached hydrogen (secondary N) is 1. The summed E-state index contributed by atoms with van der Waals surface area (Å²) in [6, 6.07) is 15.0. The van der Waals surface area contributed by atoms with Crippen molar-refractivity contribution in [1.82, 2.24) is 4.90 Å². The average Bonchev–Trinajstić information content (AvgIpc) is 2.89. The van der Waals surface area contributed by atoms with Crippen LogP contribution in [0.25, 0.3) is 0 Å². The standard InChI is InChI=1S/C33H40N2O2/c1-4-6-7-28-17-26-18-29(37-3)12-13-30(26)32(35(28)31(36)5-2)25-8-10-27(11-9-25)34-33-19-22-14-23(20-33)16-24(15-22)21-33/h2,8-13,18,22-24,28,32,34H,4,6-7,14-17,19-21H2,1,3H3/t22?,23?,24?,28-,32-,33?/m0/s1. The molecule has 5 aliphatic rings. The molecule has 0 radical (unpaired) electrons. The average molecular weight is 497 g/mol. The number of terminal acetylenes is 1. The van der Waals surface area contributed by atoms with Crippen molar-refractivity contribution in [2.45, 2.75) is 88.8 Å². The third-order valence-corrected chi connectivity index (χ3v) is 9.69. The van der Waals surface area contributed by atoms with Gasteiger partial charge in [0.1, 0.15) is 5.75 Å². The van der Waals surface area contributed by atoms with Crippen LogP contribution in [0.1, 0.15) is 87.4 Å². The summed E-state index contributed by atoms with van der Waals surface area (Å²) in [4.78, 5) is 15.2. The predicted molar refractivity (Wildman–Crippen MR) is 149 cm³/mol. The zero-order valence-electron chi connectivity index (χ0n) is 22.3. The molecule has 1 N–H and O–H groups in total. The smallest absolute Gasteiger partial charge is 0.299 e. The van der Waals surface area contributed by atoms with Gasteiger partial charge in [0.05, 0.1) is 13.2 Å². The van der Waals surface area contributed by atoms with E-state index >= 15 is 0 Å². The molecule has 2 aromatic carbocycles. The topological polar surface area (TPSA) is 41.6 Å². The largest absolute Gasteiger partial charge is 0.497 e. The molecule has 0 unspecified atom stereocenters. The number of methoxy groups -OCH3 is 1. The van der Waals surface area contributed by atoms with Crippen molar-refractivity contribution in [2.75, 3.05) is 12.4 Å². The molecule has 0 aromatic heterocycles. The van der Waals surface area contributed by atoms with Gasteiger partial charge in [-0.15, -0.1) is 6.42 Å². The van der Waals surface area contributed by atoms with Crippen molar-refractivity contribution < 1.29 is 9.53 Å². The lowest BCUT2D eigenvalue weighted by atomic mass is 9.53. The Labute approximate surface area is 222 Å². The predicted octanol–water partition coefficient (Wildman–Crippen LogP) is 6.74. The van der Waals surface area contributed by atoms with E-state index in [1.807, 2.05) is 11.0 Å². The molecule has 4 nitrogen and oxygen atoms in total. The lowest BCUT2D eigenvalue weighted by Gasteiger charge is -2.57. The van der Waals surface area contributed by atoms with Crippen LogP contribution < -0.4 is 10.1 Å². The summed E-state index contributed by atoms with van der Waals surface area (Å²) >= 11 is 0. The second-order valence-corrected chi connectivity index (χ2v) is 12.3. The number of nitrogens with zero attached hydrogens (tertiary/aromatic N) is 1. The van der Waals surface area contributed by atoms with Gasteiger partial charge in [0.25, 0.3) is 5.91 Å². The molecule has 4 fully saturated rings. The fourth-order valence-corrected chi connectivity index (χ4v) is 8.56. The molecular weight excluding hydrogens is 456 g/mol. The Morgan fingerprint density at radius 2 is 1.76 bits per heavy atom. The summed E-state index contributed by atoms with van der Waals surface area (Å²) in [5, 5.41) is 4.00. The maximum atomic E-state index is 13.2. The van der Waals surface area contributed by atoms with E-state index < -0.39 is 0 Å². The van der Waals surface area contributed by atoms with Crippen molar-refractivity contribution in [1.29, 1.82) is 0 Å². The van der Waals surface area contributed by atoms with Crippen LogP contribution in [0, 0.1) is 30.1 Å². The maximum Gasteiger partial charge on any atom is 0.299 e. The highest BCUT2D eigenvalue weighted by molar-refractivity contribution is 5.94. The van der Waals surface area contributed by atoms with Gasteiger partial charge in [0, 0.05) is 17.3 Å². The van der Waals surface area contributed by atoms with E-state index in [9.17, 15) is 4.79 Å². The number of hydrogen-bond donors (Lipinski definition) is 1. The molecular formula is C33H40N2O2. The number of carbonyl (C=O) groups excluding carboxylic acids is 1. The summed E-state index contributed by atoms with van der Waals surface area (Å²) in [5.74, 6) is 5.82. The van der Waals surface area contributed by atoms with Gasteiger partial charge in [-0.1, -0.05) is 38.0 Å². The van der Waals surface area contributed by atoms with Crippen molar-refractivity contribution in [3.63, 3.8) is 0 Å². The molecule has 194 valence electrons. The molecule has 7 rings (SSSR count).